The van der Waals surface area contributed by atoms with E-state index in [1.165, 1.54) is 46.0 Å². The van der Waals surface area contributed by atoms with Crippen molar-refractivity contribution in [2.75, 3.05) is 6.61 Å². The summed E-state index contributed by atoms with van der Waals surface area (Å²) in [5.74, 6) is 1.86. The summed E-state index contributed by atoms with van der Waals surface area (Å²) in [5.41, 5.74) is 1.26. The smallest absolute Gasteiger partial charge is 0.302 e. The van der Waals surface area contributed by atoms with Crippen molar-refractivity contribution in [3.05, 3.63) is 12.2 Å². The predicted molar refractivity (Wildman–Crippen MR) is 152 cm³/mol. The first kappa shape index (κ1) is 28.9. The molecule has 218 valence electrons. The summed E-state index contributed by atoms with van der Waals surface area (Å²) in [6, 6.07) is 0. The standard InChI is InChI=1S/C34H52O5/c1-21(19-35)24-11-14-30(4)17-18-33(7)25(29(24)30)9-10-27-31(5)15-13-28(39-23(3)37)32(6,20-38-22(2)36)26(31)12-16-34(27,33)8/h19,24-29H,1,9-18,20H2,2-8H3/t24-,25+,26+,27+,28-,29+,30+,31-,32-,33+,34+/m0/s1. The molecule has 0 amide bonds. The number of fused-ring (bicyclic) bond motifs is 7. The van der Waals surface area contributed by atoms with Gasteiger partial charge in [0.15, 0.2) is 0 Å². The van der Waals surface area contributed by atoms with Crippen molar-refractivity contribution < 1.29 is 23.9 Å². The Bertz CT molecular complexity index is 1050. The average Bonchev–Trinajstić information content (AvgIpc) is 3.22. The van der Waals surface area contributed by atoms with E-state index in [4.69, 9.17) is 9.47 Å². The number of hydrogen-bond donors (Lipinski definition) is 0. The van der Waals surface area contributed by atoms with Gasteiger partial charge in [-0.2, -0.15) is 0 Å². The highest BCUT2D eigenvalue weighted by Crippen LogP contribution is 2.77. The summed E-state index contributed by atoms with van der Waals surface area (Å²) in [5, 5.41) is 0. The van der Waals surface area contributed by atoms with Gasteiger partial charge < -0.3 is 9.47 Å². The van der Waals surface area contributed by atoms with Crippen LogP contribution in [0.1, 0.15) is 113 Å². The molecule has 0 unspecified atom stereocenters. The van der Waals surface area contributed by atoms with E-state index in [-0.39, 0.29) is 34.3 Å². The van der Waals surface area contributed by atoms with Crippen molar-refractivity contribution in [2.45, 2.75) is 119 Å². The maximum atomic E-state index is 12.1. The van der Waals surface area contributed by atoms with Crippen molar-refractivity contribution in [1.29, 1.82) is 0 Å². The van der Waals surface area contributed by atoms with Crippen LogP contribution >= 0.6 is 0 Å². The Hall–Kier alpha value is -1.65. The summed E-state index contributed by atoms with van der Waals surface area (Å²) in [7, 11) is 0. The topological polar surface area (TPSA) is 69.7 Å². The van der Waals surface area contributed by atoms with Crippen molar-refractivity contribution in [3.8, 4) is 0 Å². The highest BCUT2D eigenvalue weighted by atomic mass is 16.6. The lowest BCUT2D eigenvalue weighted by atomic mass is 9.32. The van der Waals surface area contributed by atoms with Crippen LogP contribution in [0, 0.1) is 56.7 Å². The molecule has 5 aliphatic rings. The number of rotatable bonds is 5. The number of carbonyl (C=O) groups excluding carboxylic acids is 3. The summed E-state index contributed by atoms with van der Waals surface area (Å²) in [6.45, 7) is 19.9. The quantitative estimate of drug-likeness (QED) is 0.208. The van der Waals surface area contributed by atoms with Crippen LogP contribution in [0.5, 0.6) is 0 Å². The maximum absolute atomic E-state index is 12.1. The Kier molecular flexibility index (Phi) is 6.99. The Balaban J connectivity index is 1.51. The van der Waals surface area contributed by atoms with Gasteiger partial charge in [0.05, 0.1) is 0 Å². The van der Waals surface area contributed by atoms with E-state index in [1.54, 1.807) is 0 Å². The first-order valence-corrected chi connectivity index (χ1v) is 15.6. The highest BCUT2D eigenvalue weighted by molar-refractivity contribution is 5.73. The van der Waals surface area contributed by atoms with E-state index >= 15 is 0 Å². The van der Waals surface area contributed by atoms with Crippen LogP contribution < -0.4 is 0 Å². The number of carbonyl (C=O) groups is 3. The second-order valence-corrected chi connectivity index (χ2v) is 15.6. The number of aldehydes is 1. The van der Waals surface area contributed by atoms with E-state index in [1.807, 2.05) is 0 Å². The first-order valence-electron chi connectivity index (χ1n) is 15.6. The van der Waals surface area contributed by atoms with Gasteiger partial charge in [0.25, 0.3) is 0 Å². The van der Waals surface area contributed by atoms with Gasteiger partial charge in [0.1, 0.15) is 19.0 Å². The van der Waals surface area contributed by atoms with Gasteiger partial charge in [0, 0.05) is 19.3 Å². The third-order valence-electron chi connectivity index (χ3n) is 14.1. The molecule has 0 radical (unpaired) electrons. The fourth-order valence-corrected chi connectivity index (χ4v) is 12.1. The van der Waals surface area contributed by atoms with Crippen LogP contribution in [0.4, 0.5) is 0 Å². The zero-order valence-electron chi connectivity index (χ0n) is 25.6. The molecule has 5 fully saturated rings. The molecule has 0 spiro atoms. The van der Waals surface area contributed by atoms with Crippen molar-refractivity contribution >= 4 is 18.2 Å². The minimum absolute atomic E-state index is 0.0920. The van der Waals surface area contributed by atoms with Crippen molar-refractivity contribution in [1.82, 2.24) is 0 Å². The molecule has 0 aromatic rings. The molecule has 0 aromatic heterocycles. The van der Waals surface area contributed by atoms with Gasteiger partial charge in [0.2, 0.25) is 0 Å². The van der Waals surface area contributed by atoms with Crippen LogP contribution in [0.25, 0.3) is 0 Å². The molecule has 5 aliphatic carbocycles. The Morgan fingerprint density at radius 3 is 2.18 bits per heavy atom. The van der Waals surface area contributed by atoms with Crippen LogP contribution in [0.3, 0.4) is 0 Å². The molecule has 0 aliphatic heterocycles. The molecule has 5 nitrogen and oxygen atoms in total. The lowest BCUT2D eigenvalue weighted by Crippen LogP contribution is -2.67. The Labute approximate surface area is 236 Å². The number of esters is 2. The molecule has 5 heteroatoms. The minimum Gasteiger partial charge on any atom is -0.465 e. The molecule has 11 atom stereocenters. The fraction of sp³-hybridized carbons (Fsp3) is 0.853. The third kappa shape index (κ3) is 4.02. The van der Waals surface area contributed by atoms with Gasteiger partial charge in [-0.1, -0.05) is 41.2 Å². The van der Waals surface area contributed by atoms with Gasteiger partial charge in [-0.25, -0.2) is 0 Å². The molecule has 39 heavy (non-hydrogen) atoms. The van der Waals surface area contributed by atoms with Crippen molar-refractivity contribution in [2.24, 2.45) is 56.7 Å². The van der Waals surface area contributed by atoms with Gasteiger partial charge in [-0.15, -0.1) is 0 Å². The summed E-state index contributed by atoms with van der Waals surface area (Å²) in [4.78, 5) is 35.9. The molecular weight excluding hydrogens is 488 g/mol. The zero-order chi connectivity index (χ0) is 28.6. The summed E-state index contributed by atoms with van der Waals surface area (Å²) in [6.07, 6.45) is 12.1. The second kappa shape index (κ2) is 9.44. The van der Waals surface area contributed by atoms with Crippen LogP contribution in [0.2, 0.25) is 0 Å². The van der Waals surface area contributed by atoms with E-state index in [0.29, 0.717) is 41.6 Å². The van der Waals surface area contributed by atoms with E-state index in [9.17, 15) is 14.4 Å². The number of allylic oxidation sites excluding steroid dienone is 1. The van der Waals surface area contributed by atoms with E-state index in [2.05, 4.69) is 41.2 Å². The monoisotopic (exact) mass is 540 g/mol. The highest BCUT2D eigenvalue weighted by Gasteiger charge is 2.71. The number of ether oxygens (including phenoxy) is 2. The van der Waals surface area contributed by atoms with Gasteiger partial charge >= 0.3 is 11.9 Å². The normalized spacial score (nSPS) is 50.4. The third-order valence-corrected chi connectivity index (χ3v) is 14.1. The largest absolute Gasteiger partial charge is 0.465 e. The molecular formula is C34H52O5. The van der Waals surface area contributed by atoms with Gasteiger partial charge in [-0.3, -0.25) is 14.4 Å². The molecule has 5 rings (SSSR count). The van der Waals surface area contributed by atoms with E-state index in [0.717, 1.165) is 44.0 Å². The maximum Gasteiger partial charge on any atom is 0.302 e. The Morgan fingerprint density at radius 2 is 1.54 bits per heavy atom. The SMILES string of the molecule is C=C(C=O)[C@@H]1CC[C@]2(C)CC[C@]3(C)[C@H](CC[C@@H]4[C@@]5(C)CC[C@H](OC(C)=O)[C@@](C)(COC(C)=O)[C@@H]5CC[C@]43C)[C@@H]12. The summed E-state index contributed by atoms with van der Waals surface area (Å²) >= 11 is 0. The zero-order valence-corrected chi connectivity index (χ0v) is 25.6. The fourth-order valence-electron chi connectivity index (χ4n) is 12.1. The van der Waals surface area contributed by atoms with Crippen LogP contribution in [-0.2, 0) is 23.9 Å². The lowest BCUT2D eigenvalue weighted by molar-refractivity contribution is -0.256. The molecule has 0 bridgehead atoms. The lowest BCUT2D eigenvalue weighted by Gasteiger charge is -2.73. The average molecular weight is 541 g/mol. The minimum atomic E-state index is -0.396. The Morgan fingerprint density at radius 1 is 0.821 bits per heavy atom. The second-order valence-electron chi connectivity index (χ2n) is 15.6. The summed E-state index contributed by atoms with van der Waals surface area (Å²) < 4.78 is 11.6. The molecule has 0 aromatic carbocycles. The predicted octanol–water partition coefficient (Wildman–Crippen LogP) is 7.32. The van der Waals surface area contributed by atoms with Crippen molar-refractivity contribution in [3.63, 3.8) is 0 Å². The molecule has 0 heterocycles. The van der Waals surface area contributed by atoms with Crippen LogP contribution in [-0.4, -0.2) is 30.9 Å². The molecule has 0 N–H and O–H groups in total. The molecule has 5 saturated carbocycles. The first-order chi connectivity index (χ1) is 18.2. The number of hydrogen-bond acceptors (Lipinski definition) is 5. The van der Waals surface area contributed by atoms with E-state index < -0.39 is 5.41 Å². The van der Waals surface area contributed by atoms with Crippen LogP contribution in [0.15, 0.2) is 12.2 Å². The molecule has 0 saturated heterocycles. The van der Waals surface area contributed by atoms with Gasteiger partial charge in [-0.05, 0) is 121 Å².